The molecule has 0 aliphatic carbocycles. The van der Waals surface area contributed by atoms with E-state index in [4.69, 9.17) is 11.6 Å². The summed E-state index contributed by atoms with van der Waals surface area (Å²) >= 11 is 5.82. The second-order valence-electron chi connectivity index (χ2n) is 5.05. The average Bonchev–Trinajstić information content (AvgIpc) is 2.25. The molecular formula is C13H22ClN3. The molecule has 0 aliphatic heterocycles. The van der Waals surface area contributed by atoms with Crippen LogP contribution in [0, 0.1) is 12.8 Å². The molecule has 0 spiro atoms. The molecule has 0 N–H and O–H groups in total. The molecule has 0 fully saturated rings. The first-order valence-corrected chi connectivity index (χ1v) is 6.64. The number of alkyl halides is 1. The Bertz CT molecular complexity index is 364. The highest BCUT2D eigenvalue weighted by Gasteiger charge is 2.15. The van der Waals surface area contributed by atoms with E-state index in [1.807, 2.05) is 13.1 Å². The zero-order valence-electron chi connectivity index (χ0n) is 11.4. The summed E-state index contributed by atoms with van der Waals surface area (Å²) in [6, 6.07) is 0.402. The first-order valence-electron chi connectivity index (χ1n) is 6.10. The minimum atomic E-state index is 0.402. The maximum atomic E-state index is 5.82. The fraction of sp³-hybridized carbons (Fsp3) is 0.692. The van der Waals surface area contributed by atoms with Crippen molar-refractivity contribution in [1.82, 2.24) is 9.97 Å². The fourth-order valence-corrected chi connectivity index (χ4v) is 1.93. The van der Waals surface area contributed by atoms with E-state index in [9.17, 15) is 0 Å². The highest BCUT2D eigenvalue weighted by molar-refractivity contribution is 6.17. The van der Waals surface area contributed by atoms with Crippen LogP contribution in [-0.2, 0) is 5.88 Å². The van der Waals surface area contributed by atoms with Crippen LogP contribution in [0.2, 0.25) is 0 Å². The summed E-state index contributed by atoms with van der Waals surface area (Å²) in [5.41, 5.74) is 1.98. The molecule has 0 aromatic carbocycles. The van der Waals surface area contributed by atoms with Crippen LogP contribution in [0.1, 0.15) is 39.0 Å². The molecule has 4 heteroatoms. The second kappa shape index (κ2) is 6.20. The fourth-order valence-electron chi connectivity index (χ4n) is 1.67. The van der Waals surface area contributed by atoms with Crippen molar-refractivity contribution in [3.8, 4) is 0 Å². The van der Waals surface area contributed by atoms with E-state index in [0.29, 0.717) is 17.8 Å². The van der Waals surface area contributed by atoms with Crippen LogP contribution in [0.15, 0.2) is 6.20 Å². The van der Waals surface area contributed by atoms with Gasteiger partial charge in [-0.25, -0.2) is 9.97 Å². The third-order valence-corrected chi connectivity index (χ3v) is 2.94. The molecule has 0 radical (unpaired) electrons. The van der Waals surface area contributed by atoms with Crippen molar-refractivity contribution in [3.05, 3.63) is 17.5 Å². The second-order valence-corrected chi connectivity index (χ2v) is 5.32. The van der Waals surface area contributed by atoms with Crippen molar-refractivity contribution >= 4 is 17.5 Å². The van der Waals surface area contributed by atoms with E-state index in [1.165, 1.54) is 0 Å². The van der Waals surface area contributed by atoms with E-state index in [2.05, 4.69) is 42.6 Å². The number of rotatable bonds is 5. The van der Waals surface area contributed by atoms with Gasteiger partial charge in [-0.2, -0.15) is 0 Å². The lowest BCUT2D eigenvalue weighted by Crippen LogP contribution is -2.35. The van der Waals surface area contributed by atoms with Gasteiger partial charge in [0, 0.05) is 30.0 Å². The van der Waals surface area contributed by atoms with Gasteiger partial charge in [-0.15, -0.1) is 11.6 Å². The van der Waals surface area contributed by atoms with E-state index in [1.54, 1.807) is 0 Å². The largest absolute Gasteiger partial charge is 0.338 e. The van der Waals surface area contributed by atoms with Gasteiger partial charge in [-0.3, -0.25) is 0 Å². The number of aryl methyl sites for hydroxylation is 1. The van der Waals surface area contributed by atoms with Crippen LogP contribution in [0.3, 0.4) is 0 Å². The number of anilines is 1. The molecule has 0 unspecified atom stereocenters. The molecule has 1 aromatic heterocycles. The highest BCUT2D eigenvalue weighted by atomic mass is 35.5. The van der Waals surface area contributed by atoms with Gasteiger partial charge in [-0.05, 0) is 26.7 Å². The summed E-state index contributed by atoms with van der Waals surface area (Å²) in [6.07, 6.45) is 1.83. The van der Waals surface area contributed by atoms with E-state index >= 15 is 0 Å². The van der Waals surface area contributed by atoms with Crippen LogP contribution in [0.4, 0.5) is 5.95 Å². The minimum Gasteiger partial charge on any atom is -0.338 e. The van der Waals surface area contributed by atoms with Crippen molar-refractivity contribution in [2.24, 2.45) is 5.92 Å². The molecule has 0 atom stereocenters. The molecule has 0 saturated carbocycles. The van der Waals surface area contributed by atoms with Gasteiger partial charge in [0.25, 0.3) is 0 Å². The Labute approximate surface area is 109 Å². The topological polar surface area (TPSA) is 29.0 Å². The summed E-state index contributed by atoms with van der Waals surface area (Å²) in [7, 11) is 0. The third kappa shape index (κ3) is 3.84. The van der Waals surface area contributed by atoms with Crippen LogP contribution < -0.4 is 4.90 Å². The Balaban J connectivity index is 2.98. The van der Waals surface area contributed by atoms with E-state index in [-0.39, 0.29) is 0 Å². The Hall–Kier alpha value is -0.830. The zero-order chi connectivity index (χ0) is 13.0. The Morgan fingerprint density at radius 2 is 1.94 bits per heavy atom. The van der Waals surface area contributed by atoms with Crippen LogP contribution >= 0.6 is 11.6 Å². The van der Waals surface area contributed by atoms with Crippen LogP contribution in [0.25, 0.3) is 0 Å². The molecule has 0 bridgehead atoms. The quantitative estimate of drug-likeness (QED) is 0.756. The summed E-state index contributed by atoms with van der Waals surface area (Å²) < 4.78 is 0. The lowest BCUT2D eigenvalue weighted by atomic mass is 10.2. The lowest BCUT2D eigenvalue weighted by molar-refractivity contribution is 0.559. The lowest BCUT2D eigenvalue weighted by Gasteiger charge is -2.28. The number of halogens is 1. The predicted molar refractivity (Wildman–Crippen MR) is 73.6 cm³/mol. The molecule has 0 aliphatic rings. The predicted octanol–water partition coefficient (Wildman–Crippen LogP) is 3.39. The molecular weight excluding hydrogens is 234 g/mol. The highest BCUT2D eigenvalue weighted by Crippen LogP contribution is 2.16. The van der Waals surface area contributed by atoms with Gasteiger partial charge in [0.15, 0.2) is 0 Å². The van der Waals surface area contributed by atoms with Crippen molar-refractivity contribution in [2.75, 3.05) is 11.4 Å². The molecule has 1 heterocycles. The van der Waals surface area contributed by atoms with Gasteiger partial charge >= 0.3 is 0 Å². The van der Waals surface area contributed by atoms with E-state index in [0.717, 1.165) is 23.8 Å². The molecule has 0 saturated heterocycles. The monoisotopic (exact) mass is 255 g/mol. The summed E-state index contributed by atoms with van der Waals surface area (Å²) in [6.45, 7) is 11.7. The molecule has 1 aromatic rings. The van der Waals surface area contributed by atoms with Gasteiger partial charge in [0.2, 0.25) is 5.95 Å². The third-order valence-electron chi connectivity index (χ3n) is 2.65. The maximum Gasteiger partial charge on any atom is 0.225 e. The summed E-state index contributed by atoms with van der Waals surface area (Å²) in [4.78, 5) is 11.2. The molecule has 1 rings (SSSR count). The summed E-state index contributed by atoms with van der Waals surface area (Å²) in [5.74, 6) is 1.87. The Morgan fingerprint density at radius 3 is 2.35 bits per heavy atom. The standard InChI is InChI=1S/C13H22ClN3/c1-9(2)8-17(10(3)4)13-15-7-12(6-14)11(5)16-13/h7,9-10H,6,8H2,1-5H3. The molecule has 96 valence electrons. The Morgan fingerprint density at radius 1 is 1.29 bits per heavy atom. The first-order chi connectivity index (χ1) is 7.95. The molecule has 0 amide bonds. The van der Waals surface area contributed by atoms with E-state index < -0.39 is 0 Å². The Kier molecular flexibility index (Phi) is 5.19. The van der Waals surface area contributed by atoms with Gasteiger partial charge in [0.05, 0.1) is 5.88 Å². The van der Waals surface area contributed by atoms with Gasteiger partial charge in [0.1, 0.15) is 0 Å². The maximum absolute atomic E-state index is 5.82. The SMILES string of the molecule is Cc1nc(N(CC(C)C)C(C)C)ncc1CCl. The van der Waals surface area contributed by atoms with Crippen molar-refractivity contribution in [3.63, 3.8) is 0 Å². The normalized spacial score (nSPS) is 11.3. The van der Waals surface area contributed by atoms with Crippen molar-refractivity contribution < 1.29 is 0 Å². The van der Waals surface area contributed by atoms with Crippen molar-refractivity contribution in [1.29, 1.82) is 0 Å². The summed E-state index contributed by atoms with van der Waals surface area (Å²) in [5, 5.41) is 0. The number of hydrogen-bond acceptors (Lipinski definition) is 3. The smallest absolute Gasteiger partial charge is 0.225 e. The van der Waals surface area contributed by atoms with Crippen LogP contribution in [0.5, 0.6) is 0 Å². The minimum absolute atomic E-state index is 0.402. The molecule has 17 heavy (non-hydrogen) atoms. The van der Waals surface area contributed by atoms with Crippen molar-refractivity contribution in [2.45, 2.75) is 46.5 Å². The first kappa shape index (κ1) is 14.2. The van der Waals surface area contributed by atoms with Gasteiger partial charge < -0.3 is 4.90 Å². The molecule has 3 nitrogen and oxygen atoms in total. The van der Waals surface area contributed by atoms with Gasteiger partial charge in [-0.1, -0.05) is 13.8 Å². The number of aromatic nitrogens is 2. The van der Waals surface area contributed by atoms with Crippen LogP contribution in [-0.4, -0.2) is 22.6 Å². The number of hydrogen-bond donors (Lipinski definition) is 0. The average molecular weight is 256 g/mol. The number of nitrogens with zero attached hydrogens (tertiary/aromatic N) is 3. The zero-order valence-corrected chi connectivity index (χ0v) is 12.1.